The molecule has 0 spiro atoms. The van der Waals surface area contributed by atoms with Crippen molar-refractivity contribution in [2.75, 3.05) is 27.8 Å². The van der Waals surface area contributed by atoms with Gasteiger partial charge in [-0.3, -0.25) is 0 Å². The van der Waals surface area contributed by atoms with Gasteiger partial charge in [-0.05, 0) is 19.2 Å². The summed E-state index contributed by atoms with van der Waals surface area (Å²) in [5.74, 6) is 7.65. The van der Waals surface area contributed by atoms with Crippen molar-refractivity contribution < 1.29 is 9.47 Å². The first-order valence-electron chi connectivity index (χ1n) is 5.18. The molecule has 1 aromatic carbocycles. The van der Waals surface area contributed by atoms with Crippen LogP contribution in [0.25, 0.3) is 0 Å². The summed E-state index contributed by atoms with van der Waals surface area (Å²) in [6.45, 7) is 0.879. The van der Waals surface area contributed by atoms with Crippen LogP contribution in [-0.4, -0.2) is 27.8 Å². The second-order valence-corrected chi connectivity index (χ2v) is 3.19. The van der Waals surface area contributed by atoms with Crippen LogP contribution < -0.4 is 14.8 Å². The number of hydrogen-bond acceptors (Lipinski definition) is 3. The fraction of sp³-hybridized carbons (Fsp3) is 0.385. The average molecular weight is 219 g/mol. The zero-order valence-electron chi connectivity index (χ0n) is 9.96. The molecule has 1 N–H and O–H groups in total. The molecule has 0 aliphatic rings. The third kappa shape index (κ3) is 3.18. The van der Waals surface area contributed by atoms with Crippen LogP contribution in [0.3, 0.4) is 0 Å². The van der Waals surface area contributed by atoms with Crippen LogP contribution in [0.15, 0.2) is 18.2 Å². The van der Waals surface area contributed by atoms with Crippen LogP contribution >= 0.6 is 0 Å². The van der Waals surface area contributed by atoms with Gasteiger partial charge in [0.25, 0.3) is 0 Å². The molecule has 0 aliphatic carbocycles. The molecule has 1 aromatic rings. The van der Waals surface area contributed by atoms with Gasteiger partial charge in [-0.2, -0.15) is 0 Å². The summed E-state index contributed by atoms with van der Waals surface area (Å²) in [4.78, 5) is 0. The second-order valence-electron chi connectivity index (χ2n) is 3.19. The van der Waals surface area contributed by atoms with E-state index in [1.54, 1.807) is 14.2 Å². The van der Waals surface area contributed by atoms with Crippen LogP contribution in [0.5, 0.6) is 11.5 Å². The van der Waals surface area contributed by atoms with Crippen LogP contribution in [0, 0.1) is 11.8 Å². The van der Waals surface area contributed by atoms with Gasteiger partial charge in [-0.15, -0.1) is 0 Å². The Morgan fingerprint density at radius 3 is 2.31 bits per heavy atom. The van der Waals surface area contributed by atoms with Gasteiger partial charge in [-0.25, -0.2) is 0 Å². The molecule has 0 saturated carbocycles. The number of ether oxygens (including phenoxy) is 2. The minimum absolute atomic E-state index is 0.747. The molecule has 0 aliphatic heterocycles. The van der Waals surface area contributed by atoms with Crippen LogP contribution in [0.1, 0.15) is 12.0 Å². The van der Waals surface area contributed by atoms with Gasteiger partial charge in [0, 0.05) is 13.0 Å². The predicted molar refractivity (Wildman–Crippen MR) is 65.0 cm³/mol. The van der Waals surface area contributed by atoms with E-state index in [2.05, 4.69) is 17.2 Å². The summed E-state index contributed by atoms with van der Waals surface area (Å²) >= 11 is 0. The lowest BCUT2D eigenvalue weighted by atomic mass is 10.1. The van der Waals surface area contributed by atoms with Crippen molar-refractivity contribution in [3.05, 3.63) is 23.8 Å². The molecule has 0 radical (unpaired) electrons. The first-order valence-corrected chi connectivity index (χ1v) is 5.18. The molecular formula is C13H17NO2. The summed E-state index contributed by atoms with van der Waals surface area (Å²) in [6, 6.07) is 5.64. The number of nitrogens with one attached hydrogen (secondary N) is 1. The van der Waals surface area contributed by atoms with Gasteiger partial charge < -0.3 is 14.8 Å². The molecule has 16 heavy (non-hydrogen) atoms. The highest BCUT2D eigenvalue weighted by Gasteiger charge is 2.05. The third-order valence-corrected chi connectivity index (χ3v) is 2.14. The lowest BCUT2D eigenvalue weighted by Gasteiger charge is -2.07. The maximum absolute atomic E-state index is 5.25. The van der Waals surface area contributed by atoms with E-state index in [9.17, 15) is 0 Å². The molecule has 0 bridgehead atoms. The predicted octanol–water partition coefficient (Wildman–Crippen LogP) is 1.66. The lowest BCUT2D eigenvalue weighted by Crippen LogP contribution is -2.05. The quantitative estimate of drug-likeness (QED) is 0.617. The lowest BCUT2D eigenvalue weighted by molar-refractivity contribution is 0.392. The highest BCUT2D eigenvalue weighted by molar-refractivity contribution is 5.55. The molecule has 0 amide bonds. The average Bonchev–Trinajstić information content (AvgIpc) is 2.34. The van der Waals surface area contributed by atoms with E-state index in [1.807, 2.05) is 25.2 Å². The van der Waals surface area contributed by atoms with Crippen molar-refractivity contribution in [3.63, 3.8) is 0 Å². The Morgan fingerprint density at radius 2 is 1.81 bits per heavy atom. The van der Waals surface area contributed by atoms with Gasteiger partial charge >= 0.3 is 0 Å². The van der Waals surface area contributed by atoms with E-state index in [4.69, 9.17) is 9.47 Å². The number of hydrogen-bond donors (Lipinski definition) is 1. The van der Waals surface area contributed by atoms with E-state index in [1.165, 1.54) is 0 Å². The van der Waals surface area contributed by atoms with Crippen LogP contribution in [-0.2, 0) is 0 Å². The van der Waals surface area contributed by atoms with Gasteiger partial charge in [-0.1, -0.05) is 17.9 Å². The molecule has 86 valence electrons. The van der Waals surface area contributed by atoms with Crippen molar-refractivity contribution in [3.8, 4) is 23.3 Å². The van der Waals surface area contributed by atoms with Crippen molar-refractivity contribution in [2.45, 2.75) is 6.42 Å². The summed E-state index contributed by atoms with van der Waals surface area (Å²) < 4.78 is 10.5. The summed E-state index contributed by atoms with van der Waals surface area (Å²) in [5.41, 5.74) is 0.809. The molecule has 0 atom stereocenters. The Labute approximate surface area is 96.8 Å². The monoisotopic (exact) mass is 219 g/mol. The highest BCUT2D eigenvalue weighted by atomic mass is 16.5. The SMILES string of the molecule is CNCCC#Cc1c(OC)cccc1OC. The molecule has 1 rings (SSSR count). The molecule has 0 unspecified atom stereocenters. The summed E-state index contributed by atoms with van der Waals surface area (Å²) in [7, 11) is 5.17. The van der Waals surface area contributed by atoms with Crippen LogP contribution in [0.4, 0.5) is 0 Å². The van der Waals surface area contributed by atoms with Crippen molar-refractivity contribution in [1.82, 2.24) is 5.32 Å². The van der Waals surface area contributed by atoms with Gasteiger partial charge in [0.15, 0.2) is 0 Å². The minimum Gasteiger partial charge on any atom is -0.495 e. The number of benzene rings is 1. The zero-order chi connectivity index (χ0) is 11.8. The molecule has 0 aromatic heterocycles. The second kappa shape index (κ2) is 6.76. The zero-order valence-corrected chi connectivity index (χ0v) is 9.96. The van der Waals surface area contributed by atoms with Crippen LogP contribution in [0.2, 0.25) is 0 Å². The number of methoxy groups -OCH3 is 2. The Hall–Kier alpha value is -1.66. The first-order chi connectivity index (χ1) is 7.83. The van der Waals surface area contributed by atoms with Gasteiger partial charge in [0.1, 0.15) is 17.1 Å². The normalized spacial score (nSPS) is 9.19. The smallest absolute Gasteiger partial charge is 0.138 e. The largest absolute Gasteiger partial charge is 0.495 e. The number of rotatable bonds is 4. The van der Waals surface area contributed by atoms with E-state index < -0.39 is 0 Å². The van der Waals surface area contributed by atoms with E-state index in [-0.39, 0.29) is 0 Å². The molecular weight excluding hydrogens is 202 g/mol. The fourth-order valence-electron chi connectivity index (χ4n) is 1.31. The van der Waals surface area contributed by atoms with E-state index in [0.29, 0.717) is 0 Å². The fourth-order valence-corrected chi connectivity index (χ4v) is 1.31. The summed E-state index contributed by atoms with van der Waals surface area (Å²) in [6.07, 6.45) is 0.803. The molecule has 3 nitrogen and oxygen atoms in total. The topological polar surface area (TPSA) is 30.5 Å². The Morgan fingerprint density at radius 1 is 1.19 bits per heavy atom. The maximum Gasteiger partial charge on any atom is 0.138 e. The van der Waals surface area contributed by atoms with Gasteiger partial charge in [0.2, 0.25) is 0 Å². The van der Waals surface area contributed by atoms with Gasteiger partial charge in [0.05, 0.1) is 14.2 Å². The Bertz CT molecular complexity index is 368. The Kier molecular flexibility index (Phi) is 5.24. The van der Waals surface area contributed by atoms with Crippen molar-refractivity contribution in [1.29, 1.82) is 0 Å². The third-order valence-electron chi connectivity index (χ3n) is 2.14. The first kappa shape index (κ1) is 12.4. The van der Waals surface area contributed by atoms with E-state index in [0.717, 1.165) is 30.0 Å². The highest BCUT2D eigenvalue weighted by Crippen LogP contribution is 2.26. The van der Waals surface area contributed by atoms with Crippen molar-refractivity contribution in [2.24, 2.45) is 0 Å². The molecule has 0 fully saturated rings. The molecule has 0 saturated heterocycles. The summed E-state index contributed by atoms with van der Waals surface area (Å²) in [5, 5.41) is 3.05. The Balaban J connectivity index is 2.93. The molecule has 0 heterocycles. The molecule has 3 heteroatoms. The maximum atomic E-state index is 5.25. The van der Waals surface area contributed by atoms with E-state index >= 15 is 0 Å². The van der Waals surface area contributed by atoms with Crippen molar-refractivity contribution >= 4 is 0 Å². The standard InChI is InChI=1S/C13H17NO2/c1-14-10-5-4-7-11-12(15-2)8-6-9-13(11)16-3/h6,8-9,14H,5,10H2,1-3H3. The minimum atomic E-state index is 0.747.